The van der Waals surface area contributed by atoms with Crippen LogP contribution in [-0.2, 0) is 17.8 Å². The summed E-state index contributed by atoms with van der Waals surface area (Å²) in [5.74, 6) is 0.701. The number of nitrogens with zero attached hydrogens (tertiary/aromatic N) is 2. The second kappa shape index (κ2) is 6.73. The third-order valence-corrected chi connectivity index (χ3v) is 4.51. The zero-order valence-corrected chi connectivity index (χ0v) is 12.8. The van der Waals surface area contributed by atoms with Crippen LogP contribution in [0.1, 0.15) is 38.1 Å². The van der Waals surface area contributed by atoms with Crippen molar-refractivity contribution in [2.24, 2.45) is 5.92 Å². The lowest BCUT2D eigenvalue weighted by Crippen LogP contribution is -2.36. The number of rotatable bonds is 5. The van der Waals surface area contributed by atoms with Gasteiger partial charge in [0, 0.05) is 32.3 Å². The van der Waals surface area contributed by atoms with Crippen LogP contribution >= 0.6 is 11.6 Å². The summed E-state index contributed by atoms with van der Waals surface area (Å²) in [6, 6.07) is 0.487. The summed E-state index contributed by atoms with van der Waals surface area (Å²) in [7, 11) is 0. The third kappa shape index (κ3) is 3.50. The number of nitrogens with one attached hydrogen (secondary N) is 1. The maximum Gasteiger partial charge on any atom is 0.0860 e. The average molecular weight is 286 g/mol. The lowest BCUT2D eigenvalue weighted by Gasteiger charge is -2.28. The molecule has 0 spiro atoms. The van der Waals surface area contributed by atoms with Gasteiger partial charge in [-0.2, -0.15) is 5.10 Å². The molecule has 1 unspecified atom stereocenters. The molecule has 1 aromatic heterocycles. The zero-order chi connectivity index (χ0) is 13.8. The van der Waals surface area contributed by atoms with Gasteiger partial charge in [0.15, 0.2) is 0 Å². The first kappa shape index (κ1) is 14.8. The van der Waals surface area contributed by atoms with Gasteiger partial charge in [-0.3, -0.25) is 4.68 Å². The molecule has 1 aliphatic heterocycles. The minimum absolute atomic E-state index is 0.487. The molecule has 2 heterocycles. The summed E-state index contributed by atoms with van der Waals surface area (Å²) in [5, 5.41) is 8.84. The summed E-state index contributed by atoms with van der Waals surface area (Å²) in [6.45, 7) is 9.73. The van der Waals surface area contributed by atoms with Crippen LogP contribution in [-0.4, -0.2) is 29.0 Å². The Kier molecular flexibility index (Phi) is 5.25. The van der Waals surface area contributed by atoms with Crippen LogP contribution in [0.2, 0.25) is 5.02 Å². The molecule has 0 radical (unpaired) electrons. The Morgan fingerprint density at radius 1 is 1.47 bits per heavy atom. The summed E-state index contributed by atoms with van der Waals surface area (Å²) in [6.07, 6.45) is 2.29. The van der Waals surface area contributed by atoms with Gasteiger partial charge in [-0.15, -0.1) is 0 Å². The van der Waals surface area contributed by atoms with Crippen LogP contribution in [0.5, 0.6) is 0 Å². The zero-order valence-electron chi connectivity index (χ0n) is 12.1. The van der Waals surface area contributed by atoms with Crippen molar-refractivity contribution in [3.63, 3.8) is 0 Å². The van der Waals surface area contributed by atoms with E-state index in [0.29, 0.717) is 12.0 Å². The van der Waals surface area contributed by atoms with Gasteiger partial charge < -0.3 is 10.1 Å². The van der Waals surface area contributed by atoms with Gasteiger partial charge in [-0.25, -0.2) is 0 Å². The molecule has 1 aromatic rings. The molecule has 108 valence electrons. The topological polar surface area (TPSA) is 39.1 Å². The molecule has 1 fully saturated rings. The van der Waals surface area contributed by atoms with Crippen LogP contribution in [0.3, 0.4) is 0 Å². The molecule has 0 aliphatic carbocycles. The van der Waals surface area contributed by atoms with Crippen molar-refractivity contribution in [2.45, 2.75) is 52.7 Å². The SMILES string of the molecule is CCn1nc(C)c(Cl)c1CNC(C)C1CCOCC1. The van der Waals surface area contributed by atoms with E-state index in [1.165, 1.54) is 0 Å². The highest BCUT2D eigenvalue weighted by Gasteiger charge is 2.21. The van der Waals surface area contributed by atoms with Gasteiger partial charge in [0.05, 0.1) is 16.4 Å². The maximum absolute atomic E-state index is 6.32. The number of aryl methyl sites for hydroxylation is 2. The quantitative estimate of drug-likeness (QED) is 0.904. The lowest BCUT2D eigenvalue weighted by atomic mass is 9.93. The number of aromatic nitrogens is 2. The van der Waals surface area contributed by atoms with E-state index >= 15 is 0 Å². The molecule has 0 saturated carbocycles. The Labute approximate surface area is 120 Å². The predicted octanol–water partition coefficient (Wildman–Crippen LogP) is 2.77. The van der Waals surface area contributed by atoms with Crippen molar-refractivity contribution in [1.82, 2.24) is 15.1 Å². The summed E-state index contributed by atoms with van der Waals surface area (Å²) in [4.78, 5) is 0. The van der Waals surface area contributed by atoms with E-state index in [1.54, 1.807) is 0 Å². The maximum atomic E-state index is 6.32. The Morgan fingerprint density at radius 2 is 2.16 bits per heavy atom. The van der Waals surface area contributed by atoms with Crippen molar-refractivity contribution >= 4 is 11.6 Å². The molecule has 0 amide bonds. The molecule has 1 N–H and O–H groups in total. The van der Waals surface area contributed by atoms with E-state index < -0.39 is 0 Å². The van der Waals surface area contributed by atoms with E-state index in [0.717, 1.165) is 55.6 Å². The minimum atomic E-state index is 0.487. The lowest BCUT2D eigenvalue weighted by molar-refractivity contribution is 0.0557. The van der Waals surface area contributed by atoms with Crippen molar-refractivity contribution in [3.05, 3.63) is 16.4 Å². The first-order valence-corrected chi connectivity index (χ1v) is 7.54. The normalized spacial score (nSPS) is 18.7. The average Bonchev–Trinajstić information content (AvgIpc) is 2.72. The highest BCUT2D eigenvalue weighted by molar-refractivity contribution is 6.31. The Morgan fingerprint density at radius 3 is 2.79 bits per heavy atom. The van der Waals surface area contributed by atoms with Gasteiger partial charge in [-0.05, 0) is 39.5 Å². The smallest absolute Gasteiger partial charge is 0.0860 e. The predicted molar refractivity (Wildman–Crippen MR) is 77.5 cm³/mol. The van der Waals surface area contributed by atoms with Crippen LogP contribution < -0.4 is 5.32 Å². The standard InChI is InChI=1S/C14H24ClN3O/c1-4-18-13(14(15)11(3)17-18)9-16-10(2)12-5-7-19-8-6-12/h10,12,16H,4-9H2,1-3H3. The molecule has 0 bridgehead atoms. The van der Waals surface area contributed by atoms with Crippen molar-refractivity contribution in [1.29, 1.82) is 0 Å². The number of hydrogen-bond donors (Lipinski definition) is 1. The van der Waals surface area contributed by atoms with Crippen molar-refractivity contribution in [3.8, 4) is 0 Å². The van der Waals surface area contributed by atoms with Crippen LogP contribution in [0.15, 0.2) is 0 Å². The molecule has 1 saturated heterocycles. The molecule has 4 nitrogen and oxygen atoms in total. The third-order valence-electron chi connectivity index (χ3n) is 4.02. The van der Waals surface area contributed by atoms with E-state index in [2.05, 4.69) is 24.3 Å². The van der Waals surface area contributed by atoms with Crippen molar-refractivity contribution in [2.75, 3.05) is 13.2 Å². The van der Waals surface area contributed by atoms with Gasteiger partial charge in [0.25, 0.3) is 0 Å². The fraction of sp³-hybridized carbons (Fsp3) is 0.786. The monoisotopic (exact) mass is 285 g/mol. The van der Waals surface area contributed by atoms with E-state index in [1.807, 2.05) is 11.6 Å². The van der Waals surface area contributed by atoms with Gasteiger partial charge in [0.1, 0.15) is 0 Å². The van der Waals surface area contributed by atoms with Crippen LogP contribution in [0.25, 0.3) is 0 Å². The summed E-state index contributed by atoms with van der Waals surface area (Å²) in [5.41, 5.74) is 2.01. The van der Waals surface area contributed by atoms with E-state index in [9.17, 15) is 0 Å². The van der Waals surface area contributed by atoms with Crippen LogP contribution in [0.4, 0.5) is 0 Å². The van der Waals surface area contributed by atoms with Crippen molar-refractivity contribution < 1.29 is 4.74 Å². The highest BCUT2D eigenvalue weighted by atomic mass is 35.5. The van der Waals surface area contributed by atoms with Gasteiger partial charge in [0.2, 0.25) is 0 Å². The van der Waals surface area contributed by atoms with Gasteiger partial charge >= 0.3 is 0 Å². The summed E-state index contributed by atoms with van der Waals surface area (Å²) < 4.78 is 7.40. The van der Waals surface area contributed by atoms with E-state index in [4.69, 9.17) is 16.3 Å². The number of hydrogen-bond acceptors (Lipinski definition) is 3. The first-order valence-electron chi connectivity index (χ1n) is 7.16. The summed E-state index contributed by atoms with van der Waals surface area (Å²) >= 11 is 6.32. The number of ether oxygens (including phenoxy) is 1. The first-order chi connectivity index (χ1) is 9.13. The second-order valence-corrected chi connectivity index (χ2v) is 5.66. The fourth-order valence-electron chi connectivity index (χ4n) is 2.68. The number of halogens is 1. The molecule has 1 aliphatic rings. The largest absolute Gasteiger partial charge is 0.381 e. The molecule has 0 aromatic carbocycles. The minimum Gasteiger partial charge on any atom is -0.381 e. The molecular weight excluding hydrogens is 262 g/mol. The van der Waals surface area contributed by atoms with E-state index in [-0.39, 0.29) is 0 Å². The molecule has 1 atom stereocenters. The Hall–Kier alpha value is -0.580. The molecule has 19 heavy (non-hydrogen) atoms. The Bertz CT molecular complexity index is 413. The van der Waals surface area contributed by atoms with Gasteiger partial charge in [-0.1, -0.05) is 11.6 Å². The molecule has 2 rings (SSSR count). The highest BCUT2D eigenvalue weighted by Crippen LogP contribution is 2.22. The van der Waals surface area contributed by atoms with Crippen LogP contribution in [0, 0.1) is 12.8 Å². The Balaban J connectivity index is 1.94. The molecule has 5 heteroatoms. The second-order valence-electron chi connectivity index (χ2n) is 5.28. The molecular formula is C14H24ClN3O. The fourth-order valence-corrected chi connectivity index (χ4v) is 2.88.